The van der Waals surface area contributed by atoms with Crippen molar-refractivity contribution in [3.63, 3.8) is 0 Å². The lowest BCUT2D eigenvalue weighted by atomic mass is 9.90. The Balaban J connectivity index is 1.67. The van der Waals surface area contributed by atoms with E-state index in [0.717, 1.165) is 43.4 Å². The molecule has 19 heavy (non-hydrogen) atoms. The molecule has 0 amide bonds. The molecule has 0 aliphatic carbocycles. The first-order valence-electron chi connectivity index (χ1n) is 6.60. The van der Waals surface area contributed by atoms with E-state index in [1.54, 1.807) is 6.07 Å². The Kier molecular flexibility index (Phi) is 3.67. The second-order valence-corrected chi connectivity index (χ2v) is 6.40. The van der Waals surface area contributed by atoms with E-state index in [4.69, 9.17) is 4.74 Å². The highest BCUT2D eigenvalue weighted by Crippen LogP contribution is 2.38. The Hall–Kier alpha value is -0.810. The maximum atomic E-state index is 13.2. The van der Waals surface area contributed by atoms with Crippen LogP contribution >= 0.6 is 11.8 Å². The van der Waals surface area contributed by atoms with Crippen LogP contribution in [-0.2, 0) is 4.74 Å². The van der Waals surface area contributed by atoms with Crippen molar-refractivity contribution in [2.24, 2.45) is 0 Å². The van der Waals surface area contributed by atoms with Gasteiger partial charge in [-0.15, -0.1) is 0 Å². The largest absolute Gasteiger partial charge is 0.382 e. The Morgan fingerprint density at radius 2 is 2.21 bits per heavy atom. The van der Waals surface area contributed by atoms with Gasteiger partial charge in [0.05, 0.1) is 5.60 Å². The SMILES string of the molecule is Fc1ccc(NC2CCOC3(CCSC3)C2)cc1F. The molecule has 2 heterocycles. The van der Waals surface area contributed by atoms with Crippen LogP contribution in [0, 0.1) is 11.6 Å². The average molecular weight is 285 g/mol. The zero-order valence-corrected chi connectivity index (χ0v) is 11.4. The van der Waals surface area contributed by atoms with Gasteiger partial charge in [0.25, 0.3) is 0 Å². The van der Waals surface area contributed by atoms with Crippen LogP contribution < -0.4 is 5.32 Å². The van der Waals surface area contributed by atoms with Gasteiger partial charge in [0, 0.05) is 30.2 Å². The Bertz CT molecular complexity index is 463. The fraction of sp³-hybridized carbons (Fsp3) is 0.571. The summed E-state index contributed by atoms with van der Waals surface area (Å²) in [4.78, 5) is 0. The van der Waals surface area contributed by atoms with Crippen molar-refractivity contribution in [1.29, 1.82) is 0 Å². The third kappa shape index (κ3) is 2.87. The molecule has 2 nitrogen and oxygen atoms in total. The monoisotopic (exact) mass is 285 g/mol. The van der Waals surface area contributed by atoms with E-state index in [1.807, 2.05) is 11.8 Å². The molecule has 104 valence electrons. The summed E-state index contributed by atoms with van der Waals surface area (Å²) in [6.45, 7) is 0.738. The molecular weight excluding hydrogens is 268 g/mol. The van der Waals surface area contributed by atoms with E-state index in [2.05, 4.69) is 5.32 Å². The molecule has 1 N–H and O–H groups in total. The van der Waals surface area contributed by atoms with Gasteiger partial charge in [0.15, 0.2) is 11.6 Å². The first kappa shape index (κ1) is 13.2. The molecule has 0 aromatic heterocycles. The summed E-state index contributed by atoms with van der Waals surface area (Å²) in [5.41, 5.74) is 0.644. The van der Waals surface area contributed by atoms with Crippen LogP contribution in [0.4, 0.5) is 14.5 Å². The molecule has 0 saturated carbocycles. The molecule has 2 saturated heterocycles. The van der Waals surface area contributed by atoms with Gasteiger partial charge < -0.3 is 10.1 Å². The maximum Gasteiger partial charge on any atom is 0.160 e. The minimum Gasteiger partial charge on any atom is -0.382 e. The highest BCUT2D eigenvalue weighted by atomic mass is 32.2. The van der Waals surface area contributed by atoms with E-state index in [-0.39, 0.29) is 11.6 Å². The lowest BCUT2D eigenvalue weighted by Crippen LogP contribution is -2.44. The van der Waals surface area contributed by atoms with Crippen LogP contribution in [0.2, 0.25) is 0 Å². The van der Waals surface area contributed by atoms with E-state index in [1.165, 1.54) is 6.07 Å². The first-order valence-corrected chi connectivity index (χ1v) is 7.76. The fourth-order valence-electron chi connectivity index (χ4n) is 2.84. The second kappa shape index (κ2) is 5.29. The normalized spacial score (nSPS) is 30.7. The van der Waals surface area contributed by atoms with Gasteiger partial charge in [-0.3, -0.25) is 0 Å². The number of ether oxygens (including phenoxy) is 1. The van der Waals surface area contributed by atoms with Gasteiger partial charge in [-0.25, -0.2) is 8.78 Å². The summed E-state index contributed by atoms with van der Waals surface area (Å²) in [5.74, 6) is 0.588. The van der Waals surface area contributed by atoms with Gasteiger partial charge in [0.1, 0.15) is 0 Å². The Labute approximate surface area is 115 Å². The molecule has 3 rings (SSSR count). The predicted molar refractivity (Wildman–Crippen MR) is 73.6 cm³/mol. The minimum absolute atomic E-state index is 0.000835. The van der Waals surface area contributed by atoms with E-state index in [9.17, 15) is 8.78 Å². The number of nitrogens with one attached hydrogen (secondary N) is 1. The Morgan fingerprint density at radius 1 is 1.32 bits per heavy atom. The highest BCUT2D eigenvalue weighted by molar-refractivity contribution is 7.99. The quantitative estimate of drug-likeness (QED) is 0.899. The zero-order valence-electron chi connectivity index (χ0n) is 10.6. The van der Waals surface area contributed by atoms with Gasteiger partial charge >= 0.3 is 0 Å². The van der Waals surface area contributed by atoms with Crippen molar-refractivity contribution >= 4 is 17.4 Å². The smallest absolute Gasteiger partial charge is 0.160 e. The number of halogens is 2. The van der Waals surface area contributed by atoms with Crippen molar-refractivity contribution < 1.29 is 13.5 Å². The molecule has 5 heteroatoms. The number of hydrogen-bond acceptors (Lipinski definition) is 3. The maximum absolute atomic E-state index is 13.2. The van der Waals surface area contributed by atoms with Crippen LogP contribution in [0.3, 0.4) is 0 Å². The zero-order chi connectivity index (χ0) is 13.3. The third-order valence-corrected chi connectivity index (χ3v) is 5.07. The Morgan fingerprint density at radius 3 is 2.95 bits per heavy atom. The number of anilines is 1. The lowest BCUT2D eigenvalue weighted by Gasteiger charge is -2.38. The highest BCUT2D eigenvalue weighted by Gasteiger charge is 2.40. The summed E-state index contributed by atoms with van der Waals surface area (Å²) in [6.07, 6.45) is 2.94. The molecule has 0 bridgehead atoms. The average Bonchev–Trinajstić information content (AvgIpc) is 2.82. The molecule has 1 aromatic rings. The number of benzene rings is 1. The van der Waals surface area contributed by atoms with Crippen LogP contribution in [0.15, 0.2) is 18.2 Å². The van der Waals surface area contributed by atoms with Crippen LogP contribution in [-0.4, -0.2) is 29.8 Å². The summed E-state index contributed by atoms with van der Waals surface area (Å²) in [6, 6.07) is 4.25. The molecular formula is C14H17F2NOS. The molecule has 2 fully saturated rings. The standard InChI is InChI=1S/C14H17F2NOS/c15-12-2-1-10(7-13(12)16)17-11-3-5-18-14(8-11)4-6-19-9-14/h1-2,7,11,17H,3-6,8-9H2. The number of hydrogen-bond donors (Lipinski definition) is 1. The van der Waals surface area contributed by atoms with Gasteiger partial charge in [-0.2, -0.15) is 11.8 Å². The van der Waals surface area contributed by atoms with Crippen molar-refractivity contribution in [3.05, 3.63) is 29.8 Å². The number of rotatable bonds is 2. The first-order chi connectivity index (χ1) is 9.17. The molecule has 2 unspecified atom stereocenters. The van der Waals surface area contributed by atoms with Crippen molar-refractivity contribution in [1.82, 2.24) is 0 Å². The predicted octanol–water partition coefficient (Wildman–Crippen LogP) is 3.43. The summed E-state index contributed by atoms with van der Waals surface area (Å²) in [7, 11) is 0. The van der Waals surface area contributed by atoms with E-state index >= 15 is 0 Å². The topological polar surface area (TPSA) is 21.3 Å². The van der Waals surface area contributed by atoms with Gasteiger partial charge in [-0.05, 0) is 37.1 Å². The summed E-state index contributed by atoms with van der Waals surface area (Å²) < 4.78 is 32.0. The van der Waals surface area contributed by atoms with Crippen molar-refractivity contribution in [2.45, 2.75) is 30.9 Å². The van der Waals surface area contributed by atoms with Crippen molar-refractivity contribution in [2.75, 3.05) is 23.4 Å². The molecule has 2 aliphatic rings. The van der Waals surface area contributed by atoms with Crippen LogP contribution in [0.1, 0.15) is 19.3 Å². The minimum atomic E-state index is -0.804. The molecule has 0 radical (unpaired) electrons. The van der Waals surface area contributed by atoms with E-state index < -0.39 is 11.6 Å². The van der Waals surface area contributed by atoms with E-state index in [0.29, 0.717) is 5.69 Å². The molecule has 1 aromatic carbocycles. The molecule has 2 atom stereocenters. The fourth-order valence-corrected chi connectivity index (χ4v) is 4.21. The molecule has 2 aliphatic heterocycles. The summed E-state index contributed by atoms with van der Waals surface area (Å²) >= 11 is 1.93. The third-order valence-electron chi connectivity index (χ3n) is 3.85. The lowest BCUT2D eigenvalue weighted by molar-refractivity contribution is -0.0628. The number of thioether (sulfide) groups is 1. The van der Waals surface area contributed by atoms with Crippen LogP contribution in [0.25, 0.3) is 0 Å². The van der Waals surface area contributed by atoms with Gasteiger partial charge in [-0.1, -0.05) is 0 Å². The van der Waals surface area contributed by atoms with Gasteiger partial charge in [0.2, 0.25) is 0 Å². The molecule has 1 spiro atoms. The van der Waals surface area contributed by atoms with Crippen molar-refractivity contribution in [3.8, 4) is 0 Å². The van der Waals surface area contributed by atoms with Crippen LogP contribution in [0.5, 0.6) is 0 Å². The summed E-state index contributed by atoms with van der Waals surface area (Å²) in [5, 5.41) is 3.30. The second-order valence-electron chi connectivity index (χ2n) is 5.30.